The molecule has 1 saturated heterocycles. The number of halogens is 1. The van der Waals surface area contributed by atoms with Gasteiger partial charge in [-0.3, -0.25) is 14.5 Å². The summed E-state index contributed by atoms with van der Waals surface area (Å²) in [6.45, 7) is 0.648. The lowest BCUT2D eigenvalue weighted by molar-refractivity contribution is -0.123. The quantitative estimate of drug-likeness (QED) is 0.475. The van der Waals surface area contributed by atoms with Crippen molar-refractivity contribution < 1.29 is 14.0 Å². The summed E-state index contributed by atoms with van der Waals surface area (Å²) in [7, 11) is 0. The van der Waals surface area contributed by atoms with E-state index < -0.39 is 11.9 Å². The van der Waals surface area contributed by atoms with Crippen LogP contribution >= 0.6 is 0 Å². The Morgan fingerprint density at radius 3 is 2.52 bits per heavy atom. The molecule has 0 radical (unpaired) electrons. The van der Waals surface area contributed by atoms with Gasteiger partial charge < -0.3 is 4.98 Å². The number of imide groups is 1. The number of aromatic nitrogens is 1. The van der Waals surface area contributed by atoms with Crippen molar-refractivity contribution in [1.29, 1.82) is 0 Å². The minimum absolute atomic E-state index is 0.0776. The van der Waals surface area contributed by atoms with Crippen molar-refractivity contribution in [2.75, 3.05) is 11.4 Å². The van der Waals surface area contributed by atoms with Crippen LogP contribution in [0.4, 0.5) is 10.1 Å². The van der Waals surface area contributed by atoms with E-state index in [-0.39, 0.29) is 30.0 Å². The number of anilines is 1. The van der Waals surface area contributed by atoms with E-state index in [0.29, 0.717) is 6.54 Å². The van der Waals surface area contributed by atoms with Gasteiger partial charge in [0.2, 0.25) is 5.91 Å². The fourth-order valence-electron chi connectivity index (χ4n) is 5.35. The molecular formula is C27H22FN3O2. The third-order valence-corrected chi connectivity index (χ3v) is 6.78. The fourth-order valence-corrected chi connectivity index (χ4v) is 5.35. The number of amides is 2. The second kappa shape index (κ2) is 7.67. The number of hydrogen-bond acceptors (Lipinski definition) is 3. The van der Waals surface area contributed by atoms with Crippen molar-refractivity contribution in [3.8, 4) is 0 Å². The largest absolute Gasteiger partial charge is 0.357 e. The molecule has 5 nitrogen and oxygen atoms in total. The molecule has 2 atom stereocenters. The molecule has 6 heteroatoms. The number of nitrogens with zero attached hydrogens (tertiary/aromatic N) is 2. The lowest BCUT2D eigenvalue weighted by atomic mass is 9.90. The molecule has 0 aliphatic carbocycles. The number of nitrogens with one attached hydrogen (secondary N) is 1. The van der Waals surface area contributed by atoms with E-state index in [1.54, 1.807) is 6.07 Å². The molecule has 164 valence electrons. The Bertz CT molecular complexity index is 1380. The summed E-state index contributed by atoms with van der Waals surface area (Å²) in [6.07, 6.45) is 0.856. The number of hydrogen-bond donors (Lipinski definition) is 1. The van der Waals surface area contributed by atoms with Gasteiger partial charge >= 0.3 is 0 Å². The van der Waals surface area contributed by atoms with Gasteiger partial charge in [0.1, 0.15) is 5.82 Å². The number of rotatable bonds is 3. The number of fused-ring (bicyclic) bond motifs is 3. The SMILES string of the molecule is O=C1CC(N2CCc3c([nH]c4ccccc34)C2c2ccccc2)C(=O)N1c1cccc(F)c1. The van der Waals surface area contributed by atoms with Gasteiger partial charge in [-0.05, 0) is 41.8 Å². The Kier molecular flexibility index (Phi) is 4.62. The average molecular weight is 439 g/mol. The number of aromatic amines is 1. The van der Waals surface area contributed by atoms with Crippen molar-refractivity contribution >= 4 is 28.4 Å². The first kappa shape index (κ1) is 19.9. The number of benzene rings is 3. The standard InChI is InChI=1S/C27H22FN3O2/c28-18-9-6-10-19(15-18)31-24(32)16-23(27(31)33)30-14-13-21-20-11-4-5-12-22(20)29-25(21)26(30)17-7-2-1-3-8-17/h1-12,15,23,26,29H,13-14,16H2. The maximum absolute atomic E-state index is 13.8. The summed E-state index contributed by atoms with van der Waals surface area (Å²) in [5.74, 6) is -1.07. The van der Waals surface area contributed by atoms with E-state index in [4.69, 9.17) is 0 Å². The second-order valence-corrected chi connectivity index (χ2v) is 8.63. The summed E-state index contributed by atoms with van der Waals surface area (Å²) >= 11 is 0. The van der Waals surface area contributed by atoms with Gasteiger partial charge in [0.15, 0.2) is 0 Å². The Hall–Kier alpha value is -3.77. The first-order chi connectivity index (χ1) is 16.1. The van der Waals surface area contributed by atoms with E-state index in [1.807, 2.05) is 30.3 Å². The topological polar surface area (TPSA) is 56.4 Å². The first-order valence-corrected chi connectivity index (χ1v) is 11.1. The minimum Gasteiger partial charge on any atom is -0.357 e. The number of carbonyl (C=O) groups excluding carboxylic acids is 2. The highest BCUT2D eigenvalue weighted by Crippen LogP contribution is 2.41. The lowest BCUT2D eigenvalue weighted by Crippen LogP contribution is -2.47. The Morgan fingerprint density at radius 1 is 0.909 bits per heavy atom. The van der Waals surface area contributed by atoms with Crippen molar-refractivity contribution in [1.82, 2.24) is 9.88 Å². The summed E-state index contributed by atoms with van der Waals surface area (Å²) < 4.78 is 13.8. The van der Waals surface area contributed by atoms with Crippen LogP contribution in [0.3, 0.4) is 0 Å². The van der Waals surface area contributed by atoms with Crippen LogP contribution in [0, 0.1) is 5.82 Å². The van der Waals surface area contributed by atoms with Gasteiger partial charge in [0, 0.05) is 23.1 Å². The van der Waals surface area contributed by atoms with Crippen molar-refractivity contribution in [2.24, 2.45) is 0 Å². The number of H-pyrrole nitrogens is 1. The average Bonchev–Trinajstić information content (AvgIpc) is 3.35. The molecule has 2 unspecified atom stereocenters. The maximum atomic E-state index is 13.8. The zero-order chi connectivity index (χ0) is 22.5. The van der Waals surface area contributed by atoms with Crippen LogP contribution in [0.15, 0.2) is 78.9 Å². The van der Waals surface area contributed by atoms with Gasteiger partial charge in [-0.15, -0.1) is 0 Å². The van der Waals surface area contributed by atoms with Gasteiger partial charge in [-0.25, -0.2) is 9.29 Å². The van der Waals surface area contributed by atoms with Crippen LogP contribution in [0.2, 0.25) is 0 Å². The van der Waals surface area contributed by atoms with E-state index in [9.17, 15) is 14.0 Å². The molecule has 2 aliphatic rings. The monoisotopic (exact) mass is 439 g/mol. The molecular weight excluding hydrogens is 417 g/mol. The molecule has 0 bridgehead atoms. The molecule has 1 aromatic heterocycles. The highest BCUT2D eigenvalue weighted by Gasteiger charge is 2.47. The van der Waals surface area contributed by atoms with Gasteiger partial charge in [0.05, 0.1) is 24.2 Å². The van der Waals surface area contributed by atoms with Crippen LogP contribution in [0.25, 0.3) is 10.9 Å². The smallest absolute Gasteiger partial charge is 0.251 e. The van der Waals surface area contributed by atoms with Gasteiger partial charge in [-0.2, -0.15) is 0 Å². The normalized spacial score (nSPS) is 21.1. The zero-order valence-electron chi connectivity index (χ0n) is 17.9. The molecule has 4 aromatic rings. The van der Waals surface area contributed by atoms with Crippen molar-refractivity contribution in [3.05, 3.63) is 102 Å². The maximum Gasteiger partial charge on any atom is 0.251 e. The predicted molar refractivity (Wildman–Crippen MR) is 124 cm³/mol. The zero-order valence-corrected chi connectivity index (χ0v) is 17.9. The molecule has 1 fully saturated rings. The first-order valence-electron chi connectivity index (χ1n) is 11.1. The fraction of sp³-hybridized carbons (Fsp3) is 0.185. The summed E-state index contributed by atoms with van der Waals surface area (Å²) in [4.78, 5) is 33.3. The van der Waals surface area contributed by atoms with E-state index in [2.05, 4.69) is 34.1 Å². The summed E-state index contributed by atoms with van der Waals surface area (Å²) in [6, 6.07) is 23.2. The van der Waals surface area contributed by atoms with Crippen LogP contribution in [-0.2, 0) is 16.0 Å². The Morgan fingerprint density at radius 2 is 1.70 bits per heavy atom. The molecule has 0 spiro atoms. The molecule has 0 saturated carbocycles. The molecule has 1 N–H and O–H groups in total. The van der Waals surface area contributed by atoms with E-state index in [1.165, 1.54) is 29.1 Å². The molecule has 3 heterocycles. The highest BCUT2D eigenvalue weighted by atomic mass is 19.1. The number of carbonyl (C=O) groups is 2. The van der Waals surface area contributed by atoms with Crippen LogP contribution < -0.4 is 4.90 Å². The van der Waals surface area contributed by atoms with E-state index in [0.717, 1.165) is 28.1 Å². The highest BCUT2D eigenvalue weighted by molar-refractivity contribution is 6.22. The van der Waals surface area contributed by atoms with Gasteiger partial charge in [0.25, 0.3) is 5.91 Å². The van der Waals surface area contributed by atoms with Crippen LogP contribution in [0.5, 0.6) is 0 Å². The van der Waals surface area contributed by atoms with Gasteiger partial charge in [-0.1, -0.05) is 54.6 Å². The molecule has 2 amide bonds. The van der Waals surface area contributed by atoms with Crippen LogP contribution in [-0.4, -0.2) is 34.3 Å². The summed E-state index contributed by atoms with van der Waals surface area (Å²) in [5.41, 5.74) is 4.74. The molecule has 3 aromatic carbocycles. The third kappa shape index (κ3) is 3.17. The molecule has 2 aliphatic heterocycles. The molecule has 33 heavy (non-hydrogen) atoms. The van der Waals surface area contributed by atoms with Crippen LogP contribution in [0.1, 0.15) is 29.3 Å². The van der Waals surface area contributed by atoms with Crippen molar-refractivity contribution in [2.45, 2.75) is 24.9 Å². The predicted octanol–water partition coefficient (Wildman–Crippen LogP) is 4.59. The second-order valence-electron chi connectivity index (χ2n) is 8.63. The Balaban J connectivity index is 1.44. The Labute approximate surface area is 190 Å². The summed E-state index contributed by atoms with van der Waals surface area (Å²) in [5, 5.41) is 1.20. The number of para-hydroxylation sites is 1. The molecule has 6 rings (SSSR count). The lowest BCUT2D eigenvalue weighted by Gasteiger charge is -2.39. The van der Waals surface area contributed by atoms with E-state index >= 15 is 0 Å². The third-order valence-electron chi connectivity index (χ3n) is 6.78. The van der Waals surface area contributed by atoms with Crippen molar-refractivity contribution in [3.63, 3.8) is 0 Å². The minimum atomic E-state index is -0.606.